The van der Waals surface area contributed by atoms with Gasteiger partial charge in [0.15, 0.2) is 11.6 Å². The number of nitrogens with zero attached hydrogens (tertiary/aromatic N) is 2. The van der Waals surface area contributed by atoms with Crippen molar-refractivity contribution in [1.29, 1.82) is 0 Å². The van der Waals surface area contributed by atoms with E-state index in [1.807, 2.05) is 29.6 Å². The molecule has 2 heterocycles. The van der Waals surface area contributed by atoms with E-state index in [1.165, 1.54) is 24.9 Å². The van der Waals surface area contributed by atoms with Gasteiger partial charge in [0.25, 0.3) is 0 Å². The van der Waals surface area contributed by atoms with Crippen molar-refractivity contribution in [2.45, 2.75) is 56.6 Å². The molecule has 0 amide bonds. The number of halogens is 1. The number of carbonyl (C=O) groups is 1. The minimum absolute atomic E-state index is 0.0379. The molecule has 2 aliphatic rings. The molecule has 1 unspecified atom stereocenters. The molecule has 1 aliphatic carbocycles. The van der Waals surface area contributed by atoms with Crippen molar-refractivity contribution in [2.75, 3.05) is 38.0 Å². The fourth-order valence-electron chi connectivity index (χ4n) is 4.80. The highest BCUT2D eigenvalue weighted by molar-refractivity contribution is 7.98. The van der Waals surface area contributed by atoms with Gasteiger partial charge >= 0.3 is 5.97 Å². The highest BCUT2D eigenvalue weighted by Gasteiger charge is 2.38. The van der Waals surface area contributed by atoms with E-state index in [-0.39, 0.29) is 35.1 Å². The molecule has 1 aromatic carbocycles. The zero-order valence-electron chi connectivity index (χ0n) is 19.9. The van der Waals surface area contributed by atoms with Crippen molar-refractivity contribution >= 4 is 34.3 Å². The number of pyridine rings is 1. The molecule has 0 radical (unpaired) electrons. The molecule has 33 heavy (non-hydrogen) atoms. The lowest BCUT2D eigenvalue weighted by atomic mass is 9.88. The first kappa shape index (κ1) is 23.9. The minimum atomic E-state index is -0.681. The van der Waals surface area contributed by atoms with Crippen molar-refractivity contribution in [1.82, 2.24) is 4.57 Å². The van der Waals surface area contributed by atoms with Crippen LogP contribution in [0.1, 0.15) is 56.4 Å². The summed E-state index contributed by atoms with van der Waals surface area (Å²) < 4.78 is 28.6. The number of carbonyl (C=O) groups excluding carboxylic acids is 1. The number of esters is 1. The SMILES string of the molecule is CCOC(=O)c1c(SC)n(C2CC2)c2c(OC)c(N3CCC(C(C)(C)N)C3)c(F)cc2c1=O. The van der Waals surface area contributed by atoms with Crippen molar-refractivity contribution in [3.63, 3.8) is 0 Å². The first-order valence-corrected chi connectivity index (χ1v) is 12.6. The predicted octanol–water partition coefficient (Wildman–Crippen LogP) is 3.95. The number of rotatable bonds is 7. The Labute approximate surface area is 197 Å². The number of hydrogen-bond acceptors (Lipinski definition) is 7. The smallest absolute Gasteiger partial charge is 0.344 e. The molecule has 180 valence electrons. The highest BCUT2D eigenvalue weighted by Crippen LogP contribution is 2.47. The van der Waals surface area contributed by atoms with Crippen molar-refractivity contribution in [2.24, 2.45) is 11.7 Å². The average molecular weight is 478 g/mol. The number of hydrogen-bond donors (Lipinski definition) is 1. The molecular formula is C24H32FN3O4S. The molecule has 7 nitrogen and oxygen atoms in total. The molecular weight excluding hydrogens is 445 g/mol. The second-order valence-electron chi connectivity index (χ2n) is 9.42. The Hall–Kier alpha value is -2.26. The number of nitrogens with two attached hydrogens (primary N) is 1. The summed E-state index contributed by atoms with van der Waals surface area (Å²) >= 11 is 1.32. The molecule has 1 saturated carbocycles. The lowest BCUT2D eigenvalue weighted by Crippen LogP contribution is -2.42. The van der Waals surface area contributed by atoms with Crippen LogP contribution in [0.4, 0.5) is 10.1 Å². The van der Waals surface area contributed by atoms with E-state index < -0.39 is 17.2 Å². The van der Waals surface area contributed by atoms with Crippen LogP contribution in [0.25, 0.3) is 10.9 Å². The standard InChI is InChI=1S/C24H32FN3O4S/c1-6-32-23(30)17-20(29)15-11-16(25)19(27-10-9-13(12-27)24(2,3)26)21(31-4)18(15)28(14-7-8-14)22(17)33-5/h11,13-14H,6-10,12,26H2,1-5H3. The summed E-state index contributed by atoms with van der Waals surface area (Å²) in [5.74, 6) is -0.689. The molecule has 1 saturated heterocycles. The molecule has 1 atom stereocenters. The van der Waals surface area contributed by atoms with Gasteiger partial charge in [0, 0.05) is 24.7 Å². The Kier molecular flexibility index (Phi) is 6.39. The van der Waals surface area contributed by atoms with Gasteiger partial charge in [0.05, 0.1) is 29.6 Å². The Balaban J connectivity index is 2.01. The van der Waals surface area contributed by atoms with E-state index in [1.54, 1.807) is 6.92 Å². The van der Waals surface area contributed by atoms with Gasteiger partial charge in [-0.05, 0) is 58.3 Å². The van der Waals surface area contributed by atoms with Crippen molar-refractivity contribution in [3.05, 3.63) is 27.7 Å². The minimum Gasteiger partial charge on any atom is -0.492 e. The van der Waals surface area contributed by atoms with Crippen LogP contribution in [0.3, 0.4) is 0 Å². The molecule has 2 fully saturated rings. The summed E-state index contributed by atoms with van der Waals surface area (Å²) in [6, 6.07) is 1.37. The lowest BCUT2D eigenvalue weighted by molar-refractivity contribution is 0.0519. The summed E-state index contributed by atoms with van der Waals surface area (Å²) in [7, 11) is 1.50. The number of methoxy groups -OCH3 is 1. The first-order valence-electron chi connectivity index (χ1n) is 11.4. The fraction of sp³-hybridized carbons (Fsp3) is 0.583. The van der Waals surface area contributed by atoms with E-state index >= 15 is 4.39 Å². The molecule has 2 aromatic rings. The molecule has 1 aromatic heterocycles. The van der Waals surface area contributed by atoms with Crippen LogP contribution in [0.2, 0.25) is 0 Å². The molecule has 4 rings (SSSR count). The van der Waals surface area contributed by atoms with Crippen LogP contribution in [-0.2, 0) is 4.74 Å². The topological polar surface area (TPSA) is 86.8 Å². The molecule has 2 N–H and O–H groups in total. The second kappa shape index (κ2) is 8.83. The van der Waals surface area contributed by atoms with Crippen molar-refractivity contribution in [3.8, 4) is 5.75 Å². The maximum Gasteiger partial charge on any atom is 0.344 e. The third-order valence-electron chi connectivity index (χ3n) is 6.67. The van der Waals surface area contributed by atoms with Gasteiger partial charge < -0.3 is 24.7 Å². The van der Waals surface area contributed by atoms with Gasteiger partial charge in [-0.15, -0.1) is 11.8 Å². The van der Waals surface area contributed by atoms with Crippen LogP contribution < -0.4 is 20.8 Å². The maximum atomic E-state index is 15.6. The maximum absolute atomic E-state index is 15.6. The number of thioether (sulfide) groups is 1. The predicted molar refractivity (Wildman–Crippen MR) is 129 cm³/mol. The third kappa shape index (κ3) is 4.10. The van der Waals surface area contributed by atoms with E-state index in [0.717, 1.165) is 19.3 Å². The summed E-state index contributed by atoms with van der Waals surface area (Å²) in [5.41, 5.74) is 6.27. The van der Waals surface area contributed by atoms with Crippen LogP contribution in [-0.4, -0.2) is 49.1 Å². The van der Waals surface area contributed by atoms with Gasteiger partial charge in [-0.2, -0.15) is 0 Å². The second-order valence-corrected chi connectivity index (χ2v) is 10.2. The van der Waals surface area contributed by atoms with Gasteiger partial charge in [-0.3, -0.25) is 4.79 Å². The third-order valence-corrected chi connectivity index (χ3v) is 7.46. The Bertz CT molecular complexity index is 1150. The zero-order valence-corrected chi connectivity index (χ0v) is 20.7. The van der Waals surface area contributed by atoms with Gasteiger partial charge in [0.1, 0.15) is 11.3 Å². The monoisotopic (exact) mass is 477 g/mol. The lowest BCUT2D eigenvalue weighted by Gasteiger charge is -2.29. The Morgan fingerprint density at radius 1 is 1.33 bits per heavy atom. The normalized spacial score (nSPS) is 18.8. The summed E-state index contributed by atoms with van der Waals surface area (Å²) in [5, 5.41) is 0.669. The van der Waals surface area contributed by atoms with Crippen LogP contribution in [0.15, 0.2) is 15.9 Å². The number of aromatic nitrogens is 1. The van der Waals surface area contributed by atoms with Gasteiger partial charge in [-0.1, -0.05) is 0 Å². The summed E-state index contributed by atoms with van der Waals surface area (Å²) in [6.45, 7) is 7.07. The van der Waals surface area contributed by atoms with Gasteiger partial charge in [-0.25, -0.2) is 9.18 Å². The highest BCUT2D eigenvalue weighted by atomic mass is 32.2. The molecule has 1 aliphatic heterocycles. The molecule has 9 heteroatoms. The molecule has 0 spiro atoms. The van der Waals surface area contributed by atoms with E-state index in [2.05, 4.69) is 0 Å². The first-order chi connectivity index (χ1) is 15.6. The summed E-state index contributed by atoms with van der Waals surface area (Å²) in [6.07, 6.45) is 4.50. The van der Waals surface area contributed by atoms with E-state index in [9.17, 15) is 9.59 Å². The van der Waals surface area contributed by atoms with Crippen LogP contribution in [0, 0.1) is 11.7 Å². The number of benzene rings is 1. The largest absolute Gasteiger partial charge is 0.492 e. The number of ether oxygens (including phenoxy) is 2. The average Bonchev–Trinajstić information content (AvgIpc) is 3.47. The summed E-state index contributed by atoms with van der Waals surface area (Å²) in [4.78, 5) is 28.2. The van der Waals surface area contributed by atoms with Crippen molar-refractivity contribution < 1.29 is 18.7 Å². The molecule has 0 bridgehead atoms. The Morgan fingerprint density at radius 3 is 2.55 bits per heavy atom. The quantitative estimate of drug-likeness (QED) is 0.477. The zero-order chi connectivity index (χ0) is 24.1. The van der Waals surface area contributed by atoms with Crippen LogP contribution in [0.5, 0.6) is 5.75 Å². The number of fused-ring (bicyclic) bond motifs is 1. The van der Waals surface area contributed by atoms with E-state index in [4.69, 9.17) is 15.2 Å². The Morgan fingerprint density at radius 2 is 2.03 bits per heavy atom. The van der Waals surface area contributed by atoms with E-state index in [0.29, 0.717) is 35.1 Å². The number of anilines is 1. The van der Waals surface area contributed by atoms with Crippen LogP contribution >= 0.6 is 11.8 Å². The fourth-order valence-corrected chi connectivity index (χ4v) is 5.61. The van der Waals surface area contributed by atoms with Gasteiger partial charge in [0.2, 0.25) is 5.43 Å².